The Morgan fingerprint density at radius 3 is 2.59 bits per heavy atom. The summed E-state index contributed by atoms with van der Waals surface area (Å²) in [5.74, 6) is -0.759. The Morgan fingerprint density at radius 2 is 1.83 bits per heavy atom. The van der Waals surface area contributed by atoms with E-state index in [2.05, 4.69) is 11.9 Å². The molecule has 7 heteroatoms. The summed E-state index contributed by atoms with van der Waals surface area (Å²) < 4.78 is 19.2. The number of carbonyl (C=O) groups is 2. The summed E-state index contributed by atoms with van der Waals surface area (Å²) in [6, 6.07) is 9.76. The SMILES string of the molecule is C=CC(=O)N1Cc2ccc(C(=O)Nc3ccc(F)cc3N3CCOCC3)cc2C1. The normalized spacial score (nSPS) is 15.8. The second kappa shape index (κ2) is 8.05. The van der Waals surface area contributed by atoms with Crippen LogP contribution in [0.25, 0.3) is 0 Å². The first-order valence-electron chi connectivity index (χ1n) is 9.52. The zero-order valence-corrected chi connectivity index (χ0v) is 16.0. The smallest absolute Gasteiger partial charge is 0.255 e. The van der Waals surface area contributed by atoms with Crippen molar-refractivity contribution < 1.29 is 18.7 Å². The van der Waals surface area contributed by atoms with Gasteiger partial charge in [0, 0.05) is 31.7 Å². The quantitative estimate of drug-likeness (QED) is 0.809. The number of halogens is 1. The number of carbonyl (C=O) groups excluding carboxylic acids is 2. The van der Waals surface area contributed by atoms with Crippen LogP contribution in [0.3, 0.4) is 0 Å². The average molecular weight is 395 g/mol. The van der Waals surface area contributed by atoms with Gasteiger partial charge in [0.2, 0.25) is 5.91 Å². The number of hydrogen-bond donors (Lipinski definition) is 1. The van der Waals surface area contributed by atoms with E-state index in [1.54, 1.807) is 23.1 Å². The number of rotatable bonds is 4. The third-order valence-electron chi connectivity index (χ3n) is 5.24. The Balaban J connectivity index is 1.54. The minimum Gasteiger partial charge on any atom is -0.378 e. The molecule has 1 saturated heterocycles. The molecule has 0 spiro atoms. The van der Waals surface area contributed by atoms with Gasteiger partial charge in [0.25, 0.3) is 5.91 Å². The van der Waals surface area contributed by atoms with Crippen LogP contribution in [-0.4, -0.2) is 43.0 Å². The molecule has 4 rings (SSSR count). The number of nitrogens with zero attached hydrogens (tertiary/aromatic N) is 2. The number of anilines is 2. The molecule has 29 heavy (non-hydrogen) atoms. The van der Waals surface area contributed by atoms with Crippen LogP contribution in [0.4, 0.5) is 15.8 Å². The maximum absolute atomic E-state index is 13.8. The number of amides is 2. The lowest BCUT2D eigenvalue weighted by atomic mass is 10.1. The molecule has 0 unspecified atom stereocenters. The maximum atomic E-state index is 13.8. The summed E-state index contributed by atoms with van der Waals surface area (Å²) in [4.78, 5) is 28.4. The minimum absolute atomic E-state index is 0.131. The Kier molecular flexibility index (Phi) is 5.31. The molecule has 0 bridgehead atoms. The molecule has 2 aromatic carbocycles. The van der Waals surface area contributed by atoms with Gasteiger partial charge in [-0.05, 0) is 47.5 Å². The molecule has 0 aromatic heterocycles. The van der Waals surface area contributed by atoms with E-state index >= 15 is 0 Å². The Hall–Kier alpha value is -3.19. The van der Waals surface area contributed by atoms with E-state index in [0.717, 1.165) is 11.1 Å². The van der Waals surface area contributed by atoms with E-state index in [4.69, 9.17) is 4.74 Å². The number of nitrogens with one attached hydrogen (secondary N) is 1. The molecular formula is C22H22FN3O3. The standard InChI is InChI=1S/C22H22FN3O3/c1-2-21(27)26-13-16-4-3-15(11-17(16)14-26)22(28)24-19-6-5-18(23)12-20(19)25-7-9-29-10-8-25/h2-6,11-12H,1,7-10,13-14H2,(H,24,28). The monoisotopic (exact) mass is 395 g/mol. The predicted octanol–water partition coefficient (Wildman–Crippen LogP) is 2.94. The van der Waals surface area contributed by atoms with Gasteiger partial charge in [0.15, 0.2) is 0 Å². The second-order valence-corrected chi connectivity index (χ2v) is 7.10. The highest BCUT2D eigenvalue weighted by molar-refractivity contribution is 6.06. The molecule has 2 amide bonds. The fraction of sp³-hybridized carbons (Fsp3) is 0.273. The molecule has 2 aromatic rings. The molecule has 1 N–H and O–H groups in total. The summed E-state index contributed by atoms with van der Waals surface area (Å²) in [5.41, 5.74) is 3.66. The van der Waals surface area contributed by atoms with Crippen molar-refractivity contribution in [2.45, 2.75) is 13.1 Å². The van der Waals surface area contributed by atoms with E-state index in [1.165, 1.54) is 18.2 Å². The van der Waals surface area contributed by atoms with Gasteiger partial charge in [-0.25, -0.2) is 4.39 Å². The highest BCUT2D eigenvalue weighted by Crippen LogP contribution is 2.29. The first-order valence-corrected chi connectivity index (χ1v) is 9.52. The lowest BCUT2D eigenvalue weighted by Crippen LogP contribution is -2.36. The zero-order valence-electron chi connectivity index (χ0n) is 16.0. The van der Waals surface area contributed by atoms with Gasteiger partial charge in [-0.15, -0.1) is 0 Å². The van der Waals surface area contributed by atoms with Gasteiger partial charge >= 0.3 is 0 Å². The van der Waals surface area contributed by atoms with Crippen LogP contribution in [0.5, 0.6) is 0 Å². The molecule has 150 valence electrons. The van der Waals surface area contributed by atoms with E-state index in [0.29, 0.717) is 56.3 Å². The molecule has 0 saturated carbocycles. The fourth-order valence-corrected chi connectivity index (χ4v) is 3.69. The molecular weight excluding hydrogens is 373 g/mol. The summed E-state index contributed by atoms with van der Waals surface area (Å²) in [7, 11) is 0. The third kappa shape index (κ3) is 4.00. The van der Waals surface area contributed by atoms with Crippen LogP contribution < -0.4 is 10.2 Å². The molecule has 2 heterocycles. The molecule has 2 aliphatic heterocycles. The Bertz CT molecular complexity index is 970. The van der Waals surface area contributed by atoms with Crippen molar-refractivity contribution in [3.8, 4) is 0 Å². The van der Waals surface area contributed by atoms with Crippen LogP contribution >= 0.6 is 0 Å². The van der Waals surface area contributed by atoms with E-state index in [1.807, 2.05) is 11.0 Å². The van der Waals surface area contributed by atoms with Crippen LogP contribution in [0.2, 0.25) is 0 Å². The lowest BCUT2D eigenvalue weighted by molar-refractivity contribution is -0.126. The van der Waals surface area contributed by atoms with Crippen molar-refractivity contribution >= 4 is 23.2 Å². The first kappa shape index (κ1) is 19.1. The molecule has 0 radical (unpaired) electrons. The Labute approximate surface area is 168 Å². The molecule has 0 aliphatic carbocycles. The number of fused-ring (bicyclic) bond motifs is 1. The summed E-state index contributed by atoms with van der Waals surface area (Å²) in [6.07, 6.45) is 1.29. The van der Waals surface area contributed by atoms with Crippen molar-refractivity contribution in [3.63, 3.8) is 0 Å². The number of benzene rings is 2. The van der Waals surface area contributed by atoms with Crippen molar-refractivity contribution in [2.24, 2.45) is 0 Å². The van der Waals surface area contributed by atoms with Gasteiger partial charge in [0.05, 0.1) is 24.6 Å². The van der Waals surface area contributed by atoms with E-state index in [9.17, 15) is 14.0 Å². The number of hydrogen-bond acceptors (Lipinski definition) is 4. The van der Waals surface area contributed by atoms with E-state index < -0.39 is 0 Å². The number of ether oxygens (including phenoxy) is 1. The van der Waals surface area contributed by atoms with Crippen LogP contribution in [0.15, 0.2) is 49.1 Å². The van der Waals surface area contributed by atoms with E-state index in [-0.39, 0.29) is 17.6 Å². The van der Waals surface area contributed by atoms with Gasteiger partial charge in [-0.3, -0.25) is 9.59 Å². The third-order valence-corrected chi connectivity index (χ3v) is 5.24. The highest BCUT2D eigenvalue weighted by atomic mass is 19.1. The summed E-state index contributed by atoms with van der Waals surface area (Å²) >= 11 is 0. The predicted molar refractivity (Wildman–Crippen MR) is 108 cm³/mol. The van der Waals surface area contributed by atoms with Crippen molar-refractivity contribution in [1.29, 1.82) is 0 Å². The fourth-order valence-electron chi connectivity index (χ4n) is 3.69. The van der Waals surface area contributed by atoms with Gasteiger partial charge < -0.3 is 19.9 Å². The summed E-state index contributed by atoms with van der Waals surface area (Å²) in [5, 5.41) is 2.90. The Morgan fingerprint density at radius 1 is 1.07 bits per heavy atom. The van der Waals surface area contributed by atoms with Gasteiger partial charge in [-0.2, -0.15) is 0 Å². The molecule has 1 fully saturated rings. The van der Waals surface area contributed by atoms with Crippen LogP contribution in [0.1, 0.15) is 21.5 Å². The van der Waals surface area contributed by atoms with Crippen molar-refractivity contribution in [1.82, 2.24) is 4.90 Å². The largest absolute Gasteiger partial charge is 0.378 e. The second-order valence-electron chi connectivity index (χ2n) is 7.10. The summed E-state index contributed by atoms with van der Waals surface area (Å²) in [6.45, 7) is 6.89. The first-order chi connectivity index (χ1) is 14.0. The number of morpholine rings is 1. The minimum atomic E-state index is -0.353. The maximum Gasteiger partial charge on any atom is 0.255 e. The average Bonchev–Trinajstić information content (AvgIpc) is 3.18. The highest BCUT2D eigenvalue weighted by Gasteiger charge is 2.23. The lowest BCUT2D eigenvalue weighted by Gasteiger charge is -2.30. The van der Waals surface area contributed by atoms with Crippen molar-refractivity contribution in [2.75, 3.05) is 36.5 Å². The topological polar surface area (TPSA) is 61.9 Å². The van der Waals surface area contributed by atoms with Crippen molar-refractivity contribution in [3.05, 3.63) is 71.6 Å². The van der Waals surface area contributed by atoms with Crippen LogP contribution in [-0.2, 0) is 22.6 Å². The molecule has 6 nitrogen and oxygen atoms in total. The molecule has 0 atom stereocenters. The van der Waals surface area contributed by atoms with Gasteiger partial charge in [-0.1, -0.05) is 12.6 Å². The van der Waals surface area contributed by atoms with Gasteiger partial charge in [0.1, 0.15) is 5.82 Å². The van der Waals surface area contributed by atoms with Crippen LogP contribution in [0, 0.1) is 5.82 Å². The zero-order chi connectivity index (χ0) is 20.4. The molecule has 2 aliphatic rings.